The Morgan fingerprint density at radius 2 is 1.74 bits per heavy atom. The molecule has 1 unspecified atom stereocenters. The van der Waals surface area contributed by atoms with Crippen molar-refractivity contribution in [1.82, 2.24) is 0 Å². The third-order valence-corrected chi connectivity index (χ3v) is 4.46. The average molecular weight is 368 g/mol. The summed E-state index contributed by atoms with van der Waals surface area (Å²) in [5.74, 6) is 0.308. The number of nitrogens with zero attached hydrogens (tertiary/aromatic N) is 1. The van der Waals surface area contributed by atoms with E-state index < -0.39 is 6.10 Å². The molecule has 2 aromatic rings. The molecule has 0 bridgehead atoms. The maximum absolute atomic E-state index is 12.6. The Bertz CT molecular complexity index is 798. The highest BCUT2D eigenvalue weighted by atomic mass is 16.5. The van der Waals surface area contributed by atoms with E-state index in [0.717, 1.165) is 24.5 Å². The molecule has 0 spiro atoms. The largest absolute Gasteiger partial charge is 0.481 e. The highest BCUT2D eigenvalue weighted by Crippen LogP contribution is 2.26. The molecule has 142 valence electrons. The predicted molar refractivity (Wildman–Crippen MR) is 105 cm³/mol. The summed E-state index contributed by atoms with van der Waals surface area (Å²) >= 11 is 0. The second-order valence-corrected chi connectivity index (χ2v) is 6.45. The van der Waals surface area contributed by atoms with E-state index in [-0.39, 0.29) is 11.7 Å². The fourth-order valence-electron chi connectivity index (χ4n) is 2.92. The number of para-hydroxylation sites is 2. The van der Waals surface area contributed by atoms with Crippen LogP contribution >= 0.6 is 0 Å². The molecule has 1 amide bonds. The van der Waals surface area contributed by atoms with E-state index in [0.29, 0.717) is 24.5 Å². The lowest BCUT2D eigenvalue weighted by molar-refractivity contribution is -0.122. The number of morpholine rings is 1. The van der Waals surface area contributed by atoms with Crippen LogP contribution in [0.2, 0.25) is 0 Å². The van der Waals surface area contributed by atoms with Crippen LogP contribution in [0, 0.1) is 0 Å². The Morgan fingerprint density at radius 1 is 1.07 bits per heavy atom. The summed E-state index contributed by atoms with van der Waals surface area (Å²) in [5, 5.41) is 2.96. The van der Waals surface area contributed by atoms with Gasteiger partial charge in [-0.2, -0.15) is 0 Å². The van der Waals surface area contributed by atoms with Crippen molar-refractivity contribution in [3.8, 4) is 5.75 Å². The van der Waals surface area contributed by atoms with Crippen LogP contribution in [0.3, 0.4) is 0 Å². The van der Waals surface area contributed by atoms with Gasteiger partial charge in [0.1, 0.15) is 5.75 Å². The molecule has 1 fully saturated rings. The van der Waals surface area contributed by atoms with Crippen LogP contribution in [0.25, 0.3) is 0 Å². The second kappa shape index (κ2) is 8.68. The zero-order valence-corrected chi connectivity index (χ0v) is 15.6. The van der Waals surface area contributed by atoms with Crippen LogP contribution in [-0.4, -0.2) is 44.1 Å². The van der Waals surface area contributed by atoms with E-state index in [1.807, 2.05) is 24.3 Å². The Kier molecular flexibility index (Phi) is 6.08. The Morgan fingerprint density at radius 3 is 2.41 bits per heavy atom. The lowest BCUT2D eigenvalue weighted by atomic mass is 10.1. The second-order valence-electron chi connectivity index (χ2n) is 6.45. The first kappa shape index (κ1) is 18.9. The maximum Gasteiger partial charge on any atom is 0.265 e. The number of carbonyl (C=O) groups excluding carboxylic acids is 2. The first-order chi connectivity index (χ1) is 13.0. The summed E-state index contributed by atoms with van der Waals surface area (Å²) in [6, 6.07) is 14.5. The fraction of sp³-hybridized carbons (Fsp3) is 0.333. The summed E-state index contributed by atoms with van der Waals surface area (Å²) < 4.78 is 11.1. The van der Waals surface area contributed by atoms with E-state index in [9.17, 15) is 9.59 Å². The van der Waals surface area contributed by atoms with Gasteiger partial charge in [-0.3, -0.25) is 9.59 Å². The van der Waals surface area contributed by atoms with Crippen LogP contribution in [0.5, 0.6) is 5.75 Å². The Hall–Kier alpha value is -2.86. The minimum Gasteiger partial charge on any atom is -0.481 e. The van der Waals surface area contributed by atoms with Crippen LogP contribution in [0.15, 0.2) is 48.5 Å². The van der Waals surface area contributed by atoms with E-state index in [2.05, 4.69) is 10.2 Å². The first-order valence-electron chi connectivity index (χ1n) is 9.05. The molecule has 1 atom stereocenters. The molecule has 0 aliphatic carbocycles. The highest BCUT2D eigenvalue weighted by molar-refractivity contribution is 5.97. The smallest absolute Gasteiger partial charge is 0.265 e. The number of benzene rings is 2. The van der Waals surface area contributed by atoms with Gasteiger partial charge < -0.3 is 19.7 Å². The highest BCUT2D eigenvalue weighted by Gasteiger charge is 2.19. The number of hydrogen-bond acceptors (Lipinski definition) is 5. The summed E-state index contributed by atoms with van der Waals surface area (Å²) in [6.45, 7) is 6.16. The van der Waals surface area contributed by atoms with Crippen molar-refractivity contribution in [2.45, 2.75) is 20.0 Å². The molecule has 1 aliphatic rings. The predicted octanol–water partition coefficient (Wildman–Crippen LogP) is 3.13. The molecule has 2 aromatic carbocycles. The number of amides is 1. The van der Waals surface area contributed by atoms with Gasteiger partial charge in [0.15, 0.2) is 11.9 Å². The van der Waals surface area contributed by atoms with Crippen molar-refractivity contribution in [3.63, 3.8) is 0 Å². The van der Waals surface area contributed by atoms with Crippen molar-refractivity contribution in [1.29, 1.82) is 0 Å². The number of hydrogen-bond donors (Lipinski definition) is 1. The molecule has 1 N–H and O–H groups in total. The van der Waals surface area contributed by atoms with E-state index in [1.165, 1.54) is 6.92 Å². The first-order valence-corrected chi connectivity index (χ1v) is 9.05. The molecule has 1 heterocycles. The zero-order valence-electron chi connectivity index (χ0n) is 15.6. The third-order valence-electron chi connectivity index (χ3n) is 4.46. The minimum atomic E-state index is -0.675. The normalized spacial score (nSPS) is 15.1. The molecule has 1 saturated heterocycles. The quantitative estimate of drug-likeness (QED) is 0.794. The molecule has 0 saturated carbocycles. The number of ketones is 1. The average Bonchev–Trinajstić information content (AvgIpc) is 2.69. The summed E-state index contributed by atoms with van der Waals surface area (Å²) in [5.41, 5.74) is 2.35. The van der Waals surface area contributed by atoms with Crippen molar-refractivity contribution >= 4 is 23.1 Å². The number of anilines is 2. The van der Waals surface area contributed by atoms with Gasteiger partial charge in [-0.1, -0.05) is 12.1 Å². The van der Waals surface area contributed by atoms with Gasteiger partial charge in [0.2, 0.25) is 0 Å². The molecule has 0 aromatic heterocycles. The lowest BCUT2D eigenvalue weighted by Gasteiger charge is -2.30. The number of carbonyl (C=O) groups is 2. The van der Waals surface area contributed by atoms with Gasteiger partial charge in [0.05, 0.1) is 24.6 Å². The molecule has 3 rings (SSSR count). The van der Waals surface area contributed by atoms with Crippen molar-refractivity contribution in [3.05, 3.63) is 54.1 Å². The monoisotopic (exact) mass is 368 g/mol. The number of nitrogens with one attached hydrogen (secondary N) is 1. The topological polar surface area (TPSA) is 67.9 Å². The molecule has 6 heteroatoms. The van der Waals surface area contributed by atoms with Crippen LogP contribution in [0.1, 0.15) is 24.2 Å². The van der Waals surface area contributed by atoms with Crippen LogP contribution < -0.4 is 15.0 Å². The number of rotatable bonds is 6. The van der Waals surface area contributed by atoms with E-state index >= 15 is 0 Å². The van der Waals surface area contributed by atoms with Gasteiger partial charge in [-0.25, -0.2) is 0 Å². The van der Waals surface area contributed by atoms with Crippen LogP contribution in [0.4, 0.5) is 11.4 Å². The molecule has 0 radical (unpaired) electrons. The van der Waals surface area contributed by atoms with Gasteiger partial charge in [-0.15, -0.1) is 0 Å². The Labute approximate surface area is 159 Å². The molecule has 27 heavy (non-hydrogen) atoms. The third kappa shape index (κ3) is 4.86. The SMILES string of the molecule is CC(=O)c1ccc(OC(C)C(=O)Nc2ccccc2N2CCOCC2)cc1. The van der Waals surface area contributed by atoms with Crippen molar-refractivity contribution < 1.29 is 19.1 Å². The maximum atomic E-state index is 12.6. The van der Waals surface area contributed by atoms with Crippen molar-refractivity contribution in [2.24, 2.45) is 0 Å². The van der Waals surface area contributed by atoms with Crippen LogP contribution in [-0.2, 0) is 9.53 Å². The van der Waals surface area contributed by atoms with E-state index in [1.54, 1.807) is 31.2 Å². The van der Waals surface area contributed by atoms with Gasteiger partial charge in [-0.05, 0) is 50.2 Å². The van der Waals surface area contributed by atoms with Gasteiger partial charge in [0.25, 0.3) is 5.91 Å². The molecular formula is C21H24N2O4. The minimum absolute atomic E-state index is 0.00735. The van der Waals surface area contributed by atoms with E-state index in [4.69, 9.17) is 9.47 Å². The zero-order chi connectivity index (χ0) is 19.2. The number of Topliss-reactive ketones (excluding diaryl/α,β-unsaturated/α-hetero) is 1. The standard InChI is InChI=1S/C21H24N2O4/c1-15(24)17-7-9-18(10-8-17)27-16(2)21(25)22-19-5-3-4-6-20(19)23-11-13-26-14-12-23/h3-10,16H,11-14H2,1-2H3,(H,22,25). The number of ether oxygens (including phenoxy) is 2. The molecule has 1 aliphatic heterocycles. The lowest BCUT2D eigenvalue weighted by Crippen LogP contribution is -2.37. The molecular weight excluding hydrogens is 344 g/mol. The van der Waals surface area contributed by atoms with Crippen molar-refractivity contribution in [2.75, 3.05) is 36.5 Å². The summed E-state index contributed by atoms with van der Waals surface area (Å²) in [6.07, 6.45) is -0.675. The van der Waals surface area contributed by atoms with Gasteiger partial charge in [0, 0.05) is 18.7 Å². The molecule has 6 nitrogen and oxygen atoms in total. The Balaban J connectivity index is 1.65. The summed E-state index contributed by atoms with van der Waals surface area (Å²) in [7, 11) is 0. The van der Waals surface area contributed by atoms with Gasteiger partial charge >= 0.3 is 0 Å². The fourth-order valence-corrected chi connectivity index (χ4v) is 2.92. The summed E-state index contributed by atoms with van der Waals surface area (Å²) in [4.78, 5) is 26.1.